The van der Waals surface area contributed by atoms with Gasteiger partial charge in [-0.05, 0) is 55.5 Å². The maximum atomic E-state index is 12.6. The lowest BCUT2D eigenvalue weighted by molar-refractivity contribution is -0.274. The summed E-state index contributed by atoms with van der Waals surface area (Å²) >= 11 is 1.41. The Kier molecular flexibility index (Phi) is 4.73. The molecule has 0 fully saturated rings. The van der Waals surface area contributed by atoms with Gasteiger partial charge >= 0.3 is 6.36 Å². The molecule has 29 heavy (non-hydrogen) atoms. The van der Waals surface area contributed by atoms with Gasteiger partial charge in [0.2, 0.25) is 0 Å². The van der Waals surface area contributed by atoms with Crippen molar-refractivity contribution in [3.05, 3.63) is 50.6 Å². The van der Waals surface area contributed by atoms with Crippen molar-refractivity contribution in [1.29, 1.82) is 0 Å². The van der Waals surface area contributed by atoms with Gasteiger partial charge in [0, 0.05) is 10.6 Å². The Hall–Kier alpha value is -3.01. The minimum atomic E-state index is -4.82. The standard InChI is InChI=1S/C19H15F3N2O4S/c20-19(21,22)28-10-7-5-9(6-8-10)23-16(26)14-15(25)13-11-3-1-2-4-12(11)29-18(13)24-17(14)27/h5-8H,1-4H2,(H,23,26)(H2,24,25,27). The molecular formula is C19H15F3N2O4S. The van der Waals surface area contributed by atoms with Crippen LogP contribution in [0.25, 0.3) is 10.2 Å². The Morgan fingerprint density at radius 3 is 2.55 bits per heavy atom. The Labute approximate surface area is 165 Å². The average Bonchev–Trinajstić information content (AvgIpc) is 3.00. The predicted octanol–water partition coefficient (Wildman–Crippen LogP) is 4.32. The number of carbonyl (C=O) groups is 1. The molecule has 2 aromatic heterocycles. The molecule has 10 heteroatoms. The van der Waals surface area contributed by atoms with Crippen molar-refractivity contribution in [2.24, 2.45) is 0 Å². The number of halogens is 3. The molecule has 0 unspecified atom stereocenters. The monoisotopic (exact) mass is 424 g/mol. The van der Waals surface area contributed by atoms with E-state index in [0.29, 0.717) is 10.2 Å². The van der Waals surface area contributed by atoms with E-state index in [-0.39, 0.29) is 11.4 Å². The highest BCUT2D eigenvalue weighted by molar-refractivity contribution is 7.18. The van der Waals surface area contributed by atoms with E-state index in [1.807, 2.05) is 0 Å². The normalized spacial score (nSPS) is 13.9. The maximum absolute atomic E-state index is 12.6. The molecule has 2 heterocycles. The third-order valence-corrected chi connectivity index (χ3v) is 5.88. The van der Waals surface area contributed by atoms with Gasteiger partial charge < -0.3 is 20.1 Å². The number of aromatic nitrogens is 1. The van der Waals surface area contributed by atoms with Crippen LogP contribution in [0, 0.1) is 0 Å². The zero-order valence-corrected chi connectivity index (χ0v) is 15.7. The molecule has 1 amide bonds. The molecule has 1 aliphatic carbocycles. The lowest BCUT2D eigenvalue weighted by Crippen LogP contribution is -2.23. The highest BCUT2D eigenvalue weighted by Gasteiger charge is 2.31. The summed E-state index contributed by atoms with van der Waals surface area (Å²) in [6.45, 7) is 0. The van der Waals surface area contributed by atoms with E-state index < -0.39 is 29.1 Å². The zero-order chi connectivity index (χ0) is 20.8. The fraction of sp³-hybridized carbons (Fsp3) is 0.263. The lowest BCUT2D eigenvalue weighted by atomic mass is 9.96. The van der Waals surface area contributed by atoms with Crippen LogP contribution in [0.15, 0.2) is 29.1 Å². The molecular weight excluding hydrogens is 409 g/mol. The second kappa shape index (κ2) is 7.11. The fourth-order valence-corrected chi connectivity index (χ4v) is 4.73. The second-order valence-corrected chi connectivity index (χ2v) is 7.72. The number of carbonyl (C=O) groups excluding carboxylic acids is 1. The number of pyridine rings is 1. The second-order valence-electron chi connectivity index (χ2n) is 6.62. The molecule has 0 saturated carbocycles. The number of aromatic hydroxyl groups is 1. The number of nitrogens with one attached hydrogen (secondary N) is 2. The average molecular weight is 424 g/mol. The van der Waals surface area contributed by atoms with E-state index >= 15 is 0 Å². The van der Waals surface area contributed by atoms with Gasteiger partial charge in [-0.3, -0.25) is 9.59 Å². The number of thiophene rings is 1. The number of rotatable bonds is 3. The highest BCUT2D eigenvalue weighted by atomic mass is 32.1. The summed E-state index contributed by atoms with van der Waals surface area (Å²) in [5.74, 6) is -1.67. The molecule has 0 atom stereocenters. The van der Waals surface area contributed by atoms with Crippen LogP contribution in [0.4, 0.5) is 18.9 Å². The molecule has 3 aromatic rings. The number of ether oxygens (including phenoxy) is 1. The molecule has 1 aliphatic rings. The number of hydrogen-bond acceptors (Lipinski definition) is 5. The van der Waals surface area contributed by atoms with Crippen LogP contribution in [0.1, 0.15) is 33.6 Å². The van der Waals surface area contributed by atoms with Gasteiger partial charge in [-0.1, -0.05) is 0 Å². The molecule has 0 saturated heterocycles. The van der Waals surface area contributed by atoms with Crippen molar-refractivity contribution < 1.29 is 27.8 Å². The quantitative estimate of drug-likeness (QED) is 0.584. The van der Waals surface area contributed by atoms with E-state index in [2.05, 4.69) is 15.0 Å². The van der Waals surface area contributed by atoms with Crippen molar-refractivity contribution in [3.8, 4) is 11.5 Å². The van der Waals surface area contributed by atoms with Crippen LogP contribution < -0.4 is 15.6 Å². The Balaban J connectivity index is 1.64. The molecule has 0 radical (unpaired) electrons. The maximum Gasteiger partial charge on any atom is 0.573 e. The van der Waals surface area contributed by atoms with Gasteiger partial charge in [0.1, 0.15) is 21.9 Å². The Morgan fingerprint density at radius 1 is 1.17 bits per heavy atom. The van der Waals surface area contributed by atoms with Crippen LogP contribution in [-0.2, 0) is 12.8 Å². The molecule has 152 valence electrons. The van der Waals surface area contributed by atoms with E-state index in [1.54, 1.807) is 0 Å². The van der Waals surface area contributed by atoms with E-state index in [4.69, 9.17) is 0 Å². The number of alkyl halides is 3. The summed E-state index contributed by atoms with van der Waals surface area (Å²) in [6.07, 6.45) is -1.20. The first-order valence-corrected chi connectivity index (χ1v) is 9.61. The van der Waals surface area contributed by atoms with Crippen LogP contribution in [0.3, 0.4) is 0 Å². The number of fused-ring (bicyclic) bond motifs is 3. The van der Waals surface area contributed by atoms with Crippen LogP contribution >= 0.6 is 11.3 Å². The predicted molar refractivity (Wildman–Crippen MR) is 102 cm³/mol. The van der Waals surface area contributed by atoms with Gasteiger partial charge in [0.25, 0.3) is 11.5 Å². The first kappa shape index (κ1) is 19.3. The fourth-order valence-electron chi connectivity index (χ4n) is 3.45. The number of aromatic amines is 1. The van der Waals surface area contributed by atoms with Crippen molar-refractivity contribution in [1.82, 2.24) is 4.98 Å². The summed E-state index contributed by atoms with van der Waals surface area (Å²) in [5.41, 5.74) is -0.0640. The van der Waals surface area contributed by atoms with Crippen molar-refractivity contribution in [2.75, 3.05) is 5.32 Å². The van der Waals surface area contributed by atoms with Gasteiger partial charge in [0.15, 0.2) is 0 Å². The molecule has 0 bridgehead atoms. The van der Waals surface area contributed by atoms with Crippen molar-refractivity contribution >= 4 is 33.1 Å². The number of aryl methyl sites for hydroxylation is 2. The smallest absolute Gasteiger partial charge is 0.506 e. The summed E-state index contributed by atoms with van der Waals surface area (Å²) < 4.78 is 40.4. The van der Waals surface area contributed by atoms with Crippen LogP contribution in [-0.4, -0.2) is 22.4 Å². The van der Waals surface area contributed by atoms with Gasteiger partial charge in [-0.15, -0.1) is 24.5 Å². The van der Waals surface area contributed by atoms with Crippen molar-refractivity contribution in [3.63, 3.8) is 0 Å². The number of H-pyrrole nitrogens is 1. The first-order chi connectivity index (χ1) is 13.7. The number of hydrogen-bond donors (Lipinski definition) is 3. The molecule has 4 rings (SSSR count). The summed E-state index contributed by atoms with van der Waals surface area (Å²) in [7, 11) is 0. The van der Waals surface area contributed by atoms with Crippen LogP contribution in [0.5, 0.6) is 11.5 Å². The molecule has 0 spiro atoms. The zero-order valence-electron chi connectivity index (χ0n) is 14.9. The van der Waals surface area contributed by atoms with Gasteiger partial charge in [-0.25, -0.2) is 0 Å². The van der Waals surface area contributed by atoms with Crippen molar-refractivity contribution in [2.45, 2.75) is 32.0 Å². The first-order valence-electron chi connectivity index (χ1n) is 8.79. The third kappa shape index (κ3) is 3.80. The minimum absolute atomic E-state index is 0.149. The SMILES string of the molecule is O=C(Nc1ccc(OC(F)(F)F)cc1)c1c(O)c2c3c(sc2[nH]c1=O)CCCC3. The third-order valence-electron chi connectivity index (χ3n) is 4.67. The summed E-state index contributed by atoms with van der Waals surface area (Å²) in [5, 5.41) is 13.6. The molecule has 6 nitrogen and oxygen atoms in total. The van der Waals surface area contributed by atoms with Gasteiger partial charge in [0.05, 0.1) is 5.39 Å². The number of benzene rings is 1. The van der Waals surface area contributed by atoms with E-state index in [0.717, 1.165) is 48.3 Å². The minimum Gasteiger partial charge on any atom is -0.506 e. The van der Waals surface area contributed by atoms with E-state index in [9.17, 15) is 27.9 Å². The number of anilines is 1. The molecule has 1 aromatic carbocycles. The summed E-state index contributed by atoms with van der Waals surface area (Å²) in [4.78, 5) is 29.3. The number of amides is 1. The topological polar surface area (TPSA) is 91.4 Å². The van der Waals surface area contributed by atoms with Crippen LogP contribution in [0.2, 0.25) is 0 Å². The Morgan fingerprint density at radius 2 is 1.86 bits per heavy atom. The Bertz CT molecular complexity index is 1150. The largest absolute Gasteiger partial charge is 0.573 e. The molecule has 0 aliphatic heterocycles. The lowest BCUT2D eigenvalue weighted by Gasteiger charge is -2.12. The van der Waals surface area contributed by atoms with E-state index in [1.165, 1.54) is 23.5 Å². The molecule has 3 N–H and O–H groups in total. The highest BCUT2D eigenvalue weighted by Crippen LogP contribution is 2.40. The van der Waals surface area contributed by atoms with Gasteiger partial charge in [-0.2, -0.15) is 0 Å². The summed E-state index contributed by atoms with van der Waals surface area (Å²) in [6, 6.07) is 4.47.